The van der Waals surface area contributed by atoms with Gasteiger partial charge in [-0.05, 0) is 19.8 Å². The van der Waals surface area contributed by atoms with E-state index in [0.29, 0.717) is 6.42 Å². The summed E-state index contributed by atoms with van der Waals surface area (Å²) in [4.78, 5) is 11.2. The van der Waals surface area contributed by atoms with Crippen LogP contribution in [0.1, 0.15) is 19.8 Å². The molecular weight excluding hydrogens is 168 g/mol. The van der Waals surface area contributed by atoms with Crippen molar-refractivity contribution in [1.29, 1.82) is 0 Å². The lowest BCUT2D eigenvalue weighted by Crippen LogP contribution is -2.26. The molecule has 3 nitrogen and oxygen atoms in total. The minimum atomic E-state index is -0.385. The lowest BCUT2D eigenvalue weighted by Gasteiger charge is -2.24. The molecular formula is C10H16O3. The van der Waals surface area contributed by atoms with E-state index in [9.17, 15) is 9.90 Å². The summed E-state index contributed by atoms with van der Waals surface area (Å²) >= 11 is 0. The van der Waals surface area contributed by atoms with Crippen molar-refractivity contribution >= 4 is 5.97 Å². The van der Waals surface area contributed by atoms with Gasteiger partial charge in [-0.25, -0.2) is 0 Å². The normalized spacial score (nSPS) is 29.8. The molecule has 0 radical (unpaired) electrons. The Kier molecular flexibility index (Phi) is 3.48. The molecule has 13 heavy (non-hydrogen) atoms. The SMILES string of the molecule is COC(=O)C1CC=CC(C(C)O)C1. The van der Waals surface area contributed by atoms with E-state index in [2.05, 4.69) is 4.74 Å². The maximum Gasteiger partial charge on any atom is 0.308 e. The van der Waals surface area contributed by atoms with Gasteiger partial charge in [0.05, 0.1) is 19.1 Å². The summed E-state index contributed by atoms with van der Waals surface area (Å²) in [6, 6.07) is 0. The van der Waals surface area contributed by atoms with Gasteiger partial charge in [-0.1, -0.05) is 12.2 Å². The molecule has 1 aliphatic rings. The molecule has 0 aromatic rings. The molecule has 3 unspecified atom stereocenters. The first kappa shape index (κ1) is 10.3. The van der Waals surface area contributed by atoms with Crippen LogP contribution >= 0.6 is 0 Å². The summed E-state index contributed by atoms with van der Waals surface area (Å²) in [5, 5.41) is 9.35. The Hall–Kier alpha value is -0.830. The van der Waals surface area contributed by atoms with Crippen LogP contribution < -0.4 is 0 Å². The van der Waals surface area contributed by atoms with Crippen molar-refractivity contribution in [3.63, 3.8) is 0 Å². The summed E-state index contributed by atoms with van der Waals surface area (Å²) in [5.41, 5.74) is 0. The van der Waals surface area contributed by atoms with Gasteiger partial charge >= 0.3 is 5.97 Å². The molecule has 0 aromatic heterocycles. The molecule has 1 N–H and O–H groups in total. The van der Waals surface area contributed by atoms with E-state index in [0.717, 1.165) is 6.42 Å². The first-order valence-electron chi connectivity index (χ1n) is 4.57. The van der Waals surface area contributed by atoms with Crippen LogP contribution in [0.15, 0.2) is 12.2 Å². The number of carbonyl (C=O) groups is 1. The van der Waals surface area contributed by atoms with E-state index >= 15 is 0 Å². The van der Waals surface area contributed by atoms with Crippen LogP contribution in [-0.2, 0) is 9.53 Å². The molecule has 0 amide bonds. The molecule has 0 heterocycles. The van der Waals surface area contributed by atoms with Gasteiger partial charge in [-0.3, -0.25) is 4.79 Å². The van der Waals surface area contributed by atoms with Gasteiger partial charge in [0.15, 0.2) is 0 Å². The Balaban J connectivity index is 2.55. The second-order valence-electron chi connectivity index (χ2n) is 3.52. The summed E-state index contributed by atoms with van der Waals surface area (Å²) < 4.78 is 4.66. The molecule has 0 saturated carbocycles. The van der Waals surface area contributed by atoms with Crippen molar-refractivity contribution in [3.05, 3.63) is 12.2 Å². The highest BCUT2D eigenvalue weighted by molar-refractivity contribution is 5.72. The zero-order valence-electron chi connectivity index (χ0n) is 8.06. The number of hydrogen-bond acceptors (Lipinski definition) is 3. The molecule has 0 aromatic carbocycles. The molecule has 3 atom stereocenters. The highest BCUT2D eigenvalue weighted by Gasteiger charge is 2.26. The molecule has 3 heteroatoms. The summed E-state index contributed by atoms with van der Waals surface area (Å²) in [6.45, 7) is 1.74. The molecule has 0 aliphatic heterocycles. The van der Waals surface area contributed by atoms with Crippen molar-refractivity contribution in [2.75, 3.05) is 7.11 Å². The van der Waals surface area contributed by atoms with Crippen LogP contribution in [0.5, 0.6) is 0 Å². The first-order chi connectivity index (χ1) is 6.15. The van der Waals surface area contributed by atoms with Gasteiger partial charge in [-0.15, -0.1) is 0 Å². The van der Waals surface area contributed by atoms with Gasteiger partial charge < -0.3 is 9.84 Å². The van der Waals surface area contributed by atoms with Gasteiger partial charge in [-0.2, -0.15) is 0 Å². The third kappa shape index (κ3) is 2.56. The van der Waals surface area contributed by atoms with Crippen LogP contribution in [0.3, 0.4) is 0 Å². The average Bonchev–Trinajstić information content (AvgIpc) is 2.17. The number of esters is 1. The van der Waals surface area contributed by atoms with Gasteiger partial charge in [0.2, 0.25) is 0 Å². The van der Waals surface area contributed by atoms with Gasteiger partial charge in [0.1, 0.15) is 0 Å². The van der Waals surface area contributed by atoms with Crippen LogP contribution in [0, 0.1) is 11.8 Å². The number of carbonyl (C=O) groups excluding carboxylic acids is 1. The predicted octanol–water partition coefficient (Wildman–Crippen LogP) is 1.12. The second kappa shape index (κ2) is 4.42. The standard InChI is InChI=1S/C10H16O3/c1-7(11)8-4-3-5-9(6-8)10(12)13-2/h3-4,7-9,11H,5-6H2,1-2H3. The average molecular weight is 184 g/mol. The lowest BCUT2D eigenvalue weighted by molar-refractivity contribution is -0.146. The van der Waals surface area contributed by atoms with E-state index in [1.165, 1.54) is 7.11 Å². The van der Waals surface area contributed by atoms with Crippen LogP contribution in [-0.4, -0.2) is 24.3 Å². The Morgan fingerprint density at radius 2 is 2.38 bits per heavy atom. The van der Waals surface area contributed by atoms with Gasteiger partial charge in [0, 0.05) is 5.92 Å². The van der Waals surface area contributed by atoms with Crippen molar-refractivity contribution in [3.8, 4) is 0 Å². The number of methoxy groups -OCH3 is 1. The molecule has 0 spiro atoms. The van der Waals surface area contributed by atoms with Crippen molar-refractivity contribution in [2.24, 2.45) is 11.8 Å². The molecule has 74 valence electrons. The monoisotopic (exact) mass is 184 g/mol. The third-order valence-electron chi connectivity index (χ3n) is 2.51. The topological polar surface area (TPSA) is 46.5 Å². The summed E-state index contributed by atoms with van der Waals surface area (Å²) in [6.07, 6.45) is 4.97. The summed E-state index contributed by atoms with van der Waals surface area (Å²) in [7, 11) is 1.40. The maximum absolute atomic E-state index is 11.2. The van der Waals surface area contributed by atoms with E-state index in [1.807, 2.05) is 12.2 Å². The first-order valence-corrected chi connectivity index (χ1v) is 4.57. The number of aliphatic hydroxyl groups is 1. The van der Waals surface area contributed by atoms with Crippen molar-refractivity contribution in [2.45, 2.75) is 25.9 Å². The van der Waals surface area contributed by atoms with Crippen molar-refractivity contribution < 1.29 is 14.6 Å². The summed E-state index contributed by atoms with van der Waals surface area (Å²) in [5.74, 6) is -0.151. The fourth-order valence-corrected chi connectivity index (χ4v) is 1.64. The fraction of sp³-hybridized carbons (Fsp3) is 0.700. The number of ether oxygens (including phenoxy) is 1. The number of allylic oxidation sites excluding steroid dienone is 1. The molecule has 0 bridgehead atoms. The number of aliphatic hydroxyl groups excluding tert-OH is 1. The Morgan fingerprint density at radius 3 is 2.92 bits per heavy atom. The highest BCUT2D eigenvalue weighted by atomic mass is 16.5. The van der Waals surface area contributed by atoms with Crippen molar-refractivity contribution in [1.82, 2.24) is 0 Å². The smallest absolute Gasteiger partial charge is 0.308 e. The molecule has 1 rings (SSSR count). The zero-order chi connectivity index (χ0) is 9.84. The Morgan fingerprint density at radius 1 is 1.69 bits per heavy atom. The lowest BCUT2D eigenvalue weighted by atomic mass is 9.84. The predicted molar refractivity (Wildman–Crippen MR) is 49.1 cm³/mol. The minimum Gasteiger partial charge on any atom is -0.469 e. The Labute approximate surface area is 78.4 Å². The Bertz CT molecular complexity index is 208. The van der Waals surface area contributed by atoms with E-state index in [-0.39, 0.29) is 23.9 Å². The van der Waals surface area contributed by atoms with E-state index < -0.39 is 0 Å². The third-order valence-corrected chi connectivity index (χ3v) is 2.51. The number of rotatable bonds is 2. The largest absolute Gasteiger partial charge is 0.469 e. The van der Waals surface area contributed by atoms with E-state index in [1.54, 1.807) is 6.92 Å². The van der Waals surface area contributed by atoms with Crippen LogP contribution in [0.2, 0.25) is 0 Å². The highest BCUT2D eigenvalue weighted by Crippen LogP contribution is 2.26. The number of hydrogen-bond donors (Lipinski definition) is 1. The fourth-order valence-electron chi connectivity index (χ4n) is 1.64. The molecule has 1 aliphatic carbocycles. The van der Waals surface area contributed by atoms with E-state index in [4.69, 9.17) is 0 Å². The maximum atomic E-state index is 11.2. The van der Waals surface area contributed by atoms with Crippen LogP contribution in [0.4, 0.5) is 0 Å². The molecule has 0 saturated heterocycles. The quantitative estimate of drug-likeness (QED) is 0.516. The zero-order valence-corrected chi connectivity index (χ0v) is 8.06. The van der Waals surface area contributed by atoms with Crippen LogP contribution in [0.25, 0.3) is 0 Å². The molecule has 0 fully saturated rings. The minimum absolute atomic E-state index is 0.0744. The second-order valence-corrected chi connectivity index (χ2v) is 3.52. The van der Waals surface area contributed by atoms with Gasteiger partial charge in [0.25, 0.3) is 0 Å².